The predicted molar refractivity (Wildman–Crippen MR) is 200 cm³/mol. The van der Waals surface area contributed by atoms with Gasteiger partial charge in [-0.25, -0.2) is 0 Å². The zero-order valence-electron chi connectivity index (χ0n) is 27.1. The minimum absolute atomic E-state index is 0.646. The van der Waals surface area contributed by atoms with Crippen LogP contribution >= 0.6 is 0 Å². The predicted octanol–water partition coefficient (Wildman–Crippen LogP) is 5.60. The average molecular weight is 615 g/mol. The van der Waals surface area contributed by atoms with Gasteiger partial charge in [-0.1, -0.05) is 109 Å². The maximum atomic E-state index is 5.59. The lowest BCUT2D eigenvalue weighted by Crippen LogP contribution is -2.24. The van der Waals surface area contributed by atoms with E-state index in [9.17, 15) is 0 Å². The Bertz CT molecular complexity index is 1440. The van der Waals surface area contributed by atoms with Crippen LogP contribution in [0, 0.1) is 0 Å². The van der Waals surface area contributed by atoms with Crippen LogP contribution in [-0.4, -0.2) is 46.3 Å². The van der Waals surface area contributed by atoms with Crippen molar-refractivity contribution in [3.8, 4) is 0 Å². The Kier molecular flexibility index (Phi) is 15.2. The van der Waals surface area contributed by atoms with Gasteiger partial charge in [0.1, 0.15) is 0 Å². The molecule has 0 atom stereocenters. The van der Waals surface area contributed by atoms with Crippen LogP contribution in [0.3, 0.4) is 0 Å². The Hall–Kier alpha value is -4.14. The Balaban J connectivity index is 1.50. The summed E-state index contributed by atoms with van der Waals surface area (Å²) in [7, 11) is 1.97. The second-order valence-corrected chi connectivity index (χ2v) is 11.4. The Morgan fingerprint density at radius 2 is 0.717 bits per heavy atom. The van der Waals surface area contributed by atoms with Crippen molar-refractivity contribution in [1.29, 1.82) is 0 Å². The summed E-state index contributed by atoms with van der Waals surface area (Å²) in [6.45, 7) is 7.38. The summed E-state index contributed by atoms with van der Waals surface area (Å²) in [6, 6.07) is 32.8. The van der Waals surface area contributed by atoms with E-state index in [1.54, 1.807) is 0 Å². The van der Waals surface area contributed by atoms with Crippen molar-refractivity contribution in [2.45, 2.75) is 19.6 Å². The van der Waals surface area contributed by atoms with Crippen molar-refractivity contribution in [2.24, 2.45) is 11.5 Å². The van der Waals surface area contributed by atoms with Gasteiger partial charge in [-0.15, -0.1) is 0 Å². The molecule has 0 aromatic heterocycles. The normalized spacial score (nSPS) is 11.8. The molecule has 0 fully saturated rings. The highest BCUT2D eigenvalue weighted by Crippen LogP contribution is 2.19. The third-order valence-electron chi connectivity index (χ3n) is 7.53. The first kappa shape index (κ1) is 34.7. The van der Waals surface area contributed by atoms with Gasteiger partial charge in [0.25, 0.3) is 0 Å². The third-order valence-corrected chi connectivity index (χ3v) is 7.53. The first-order valence-electron chi connectivity index (χ1n) is 16.3. The maximum absolute atomic E-state index is 5.59. The van der Waals surface area contributed by atoms with E-state index in [0.29, 0.717) is 13.1 Å². The number of likely N-dealkylation sites (N-methyl/N-ethyl adjacent to an activating group) is 1. The molecule has 240 valence electrons. The Morgan fingerprint density at radius 3 is 1.02 bits per heavy atom. The van der Waals surface area contributed by atoms with E-state index in [-0.39, 0.29) is 0 Å². The van der Waals surface area contributed by atoms with Crippen LogP contribution in [0.2, 0.25) is 0 Å². The molecule has 0 saturated carbocycles. The van der Waals surface area contributed by atoms with Crippen LogP contribution in [0.15, 0.2) is 91.0 Å². The summed E-state index contributed by atoms with van der Waals surface area (Å²) in [4.78, 5) is 0. The molecule has 0 amide bonds. The molecule has 8 N–H and O–H groups in total. The first-order chi connectivity index (χ1) is 22.6. The molecular weight excluding hydrogens is 564 g/mol. The molecule has 6 heteroatoms. The highest BCUT2D eigenvalue weighted by molar-refractivity contribution is 5.78. The van der Waals surface area contributed by atoms with Gasteiger partial charge in [-0.05, 0) is 75.3 Å². The third kappa shape index (κ3) is 12.7. The highest BCUT2D eigenvalue weighted by atomic mass is 14.9. The molecule has 46 heavy (non-hydrogen) atoms. The quantitative estimate of drug-likeness (QED) is 0.0608. The van der Waals surface area contributed by atoms with E-state index in [4.69, 9.17) is 11.5 Å². The van der Waals surface area contributed by atoms with Crippen molar-refractivity contribution in [3.63, 3.8) is 0 Å². The highest BCUT2D eigenvalue weighted by Gasteiger charge is 2.00. The number of hydrogen-bond acceptors (Lipinski definition) is 6. The minimum Gasteiger partial charge on any atom is -0.329 e. The zero-order valence-corrected chi connectivity index (χ0v) is 27.1. The summed E-state index contributed by atoms with van der Waals surface area (Å²) in [5, 5.41) is 13.3. The van der Waals surface area contributed by atoms with Crippen molar-refractivity contribution >= 4 is 36.5 Å². The fourth-order valence-electron chi connectivity index (χ4n) is 4.92. The smallest absolute Gasteiger partial charge is 0.0206 e. The van der Waals surface area contributed by atoms with Gasteiger partial charge in [-0.2, -0.15) is 0 Å². The topological polar surface area (TPSA) is 100 Å². The van der Waals surface area contributed by atoms with E-state index < -0.39 is 0 Å². The average Bonchev–Trinajstić information content (AvgIpc) is 3.09. The van der Waals surface area contributed by atoms with E-state index >= 15 is 0 Å². The lowest BCUT2D eigenvalue weighted by atomic mass is 10.0. The Morgan fingerprint density at radius 1 is 0.413 bits per heavy atom. The minimum atomic E-state index is 0.646. The molecule has 0 saturated heterocycles. The fraction of sp³-hybridized carbons (Fsp3) is 0.250. The SMILES string of the molecule is CNCCNCc1ccc(/C=C/c2cc(/C=C/c3ccc(CNCCN)cc3)cc(/C=C/c3ccc(CNCCN)cc3)c2)cc1. The molecule has 4 aromatic carbocycles. The lowest BCUT2D eigenvalue weighted by Gasteiger charge is -2.06. The molecule has 4 rings (SSSR count). The van der Waals surface area contributed by atoms with Gasteiger partial charge in [-0.3, -0.25) is 0 Å². The van der Waals surface area contributed by atoms with Gasteiger partial charge >= 0.3 is 0 Å². The molecule has 0 bridgehead atoms. The monoisotopic (exact) mass is 614 g/mol. The molecule has 4 aromatic rings. The number of nitrogens with one attached hydrogen (secondary N) is 4. The summed E-state index contributed by atoms with van der Waals surface area (Å²) < 4.78 is 0. The molecule has 0 aliphatic carbocycles. The molecule has 6 nitrogen and oxygen atoms in total. The lowest BCUT2D eigenvalue weighted by molar-refractivity contribution is 0.651. The number of nitrogens with two attached hydrogens (primary N) is 2. The summed E-state index contributed by atoms with van der Waals surface area (Å²) in [5.41, 5.74) is 22.0. The molecule has 0 unspecified atom stereocenters. The maximum Gasteiger partial charge on any atom is 0.0206 e. The van der Waals surface area contributed by atoms with Gasteiger partial charge in [0.15, 0.2) is 0 Å². The first-order valence-corrected chi connectivity index (χ1v) is 16.3. The van der Waals surface area contributed by atoms with Crippen molar-refractivity contribution in [3.05, 3.63) is 141 Å². The number of benzene rings is 4. The molecule has 0 aliphatic rings. The second kappa shape index (κ2) is 20.1. The Labute approximate surface area is 275 Å². The number of hydrogen-bond donors (Lipinski definition) is 6. The zero-order chi connectivity index (χ0) is 32.2. The number of rotatable bonds is 19. The van der Waals surface area contributed by atoms with Crippen molar-refractivity contribution < 1.29 is 0 Å². The molecule has 0 aliphatic heterocycles. The van der Waals surface area contributed by atoms with Crippen LogP contribution in [0.4, 0.5) is 0 Å². The van der Waals surface area contributed by atoms with Gasteiger partial charge < -0.3 is 32.7 Å². The molecule has 0 radical (unpaired) electrons. The fourth-order valence-corrected chi connectivity index (χ4v) is 4.92. The van der Waals surface area contributed by atoms with E-state index in [0.717, 1.165) is 62.5 Å². The van der Waals surface area contributed by atoms with Gasteiger partial charge in [0.05, 0.1) is 0 Å². The summed E-state index contributed by atoms with van der Waals surface area (Å²) in [6.07, 6.45) is 13.1. The van der Waals surface area contributed by atoms with E-state index in [1.165, 1.54) is 33.4 Å². The van der Waals surface area contributed by atoms with Crippen LogP contribution < -0.4 is 32.7 Å². The van der Waals surface area contributed by atoms with Gasteiger partial charge in [0.2, 0.25) is 0 Å². The molecule has 0 spiro atoms. The van der Waals surface area contributed by atoms with E-state index in [1.807, 2.05) is 7.05 Å². The van der Waals surface area contributed by atoms with Crippen LogP contribution in [0.25, 0.3) is 36.5 Å². The van der Waals surface area contributed by atoms with Crippen LogP contribution in [-0.2, 0) is 19.6 Å². The van der Waals surface area contributed by atoms with Gasteiger partial charge in [0, 0.05) is 58.9 Å². The molecular formula is C40H50N6. The largest absolute Gasteiger partial charge is 0.329 e. The van der Waals surface area contributed by atoms with Crippen molar-refractivity contribution in [2.75, 3.05) is 46.3 Å². The van der Waals surface area contributed by atoms with E-state index in [2.05, 4.69) is 149 Å². The van der Waals surface area contributed by atoms with Crippen molar-refractivity contribution in [1.82, 2.24) is 21.3 Å². The summed E-state index contributed by atoms with van der Waals surface area (Å²) in [5.74, 6) is 0. The molecule has 0 heterocycles. The second-order valence-electron chi connectivity index (χ2n) is 11.4. The summed E-state index contributed by atoms with van der Waals surface area (Å²) >= 11 is 0. The van der Waals surface area contributed by atoms with Crippen LogP contribution in [0.1, 0.15) is 50.1 Å². The standard InChI is InChI=1S/C40H50N6/c1-43-24-25-46-31-37-15-6-34(7-16-37)10-19-40-27-38(17-8-32-2-11-35(12-3-32)29-44-22-20-41)26-39(28-40)18-9-33-4-13-36(14-5-33)30-45-23-21-42/h2-19,26-28,43-46H,20-25,29-31,41-42H2,1H3/b17-8+,18-9+,19-10+. The van der Waals surface area contributed by atoms with Crippen LogP contribution in [0.5, 0.6) is 0 Å².